The lowest BCUT2D eigenvalue weighted by Crippen LogP contribution is -2.48. The number of benzene rings is 1. The predicted molar refractivity (Wildman–Crippen MR) is 81.5 cm³/mol. The molecule has 4 nitrogen and oxygen atoms in total. The highest BCUT2D eigenvalue weighted by atomic mass is 35.5. The van der Waals surface area contributed by atoms with E-state index >= 15 is 0 Å². The number of nitrogens with one attached hydrogen (secondary N) is 1. The van der Waals surface area contributed by atoms with Crippen molar-refractivity contribution < 1.29 is 8.42 Å². The number of halogens is 1. The third-order valence-corrected chi connectivity index (χ3v) is 5.60. The molecule has 6 heteroatoms. The van der Waals surface area contributed by atoms with Crippen molar-refractivity contribution in [2.45, 2.75) is 36.6 Å². The molecule has 0 saturated carbocycles. The zero-order valence-corrected chi connectivity index (χ0v) is 13.2. The van der Waals surface area contributed by atoms with E-state index in [0.29, 0.717) is 5.39 Å². The average molecular weight is 313 g/mol. The zero-order chi connectivity index (χ0) is 15.0. The molecule has 0 aliphatic heterocycles. The molecule has 0 amide bonds. The lowest BCUT2D eigenvalue weighted by Gasteiger charge is -2.28. The fourth-order valence-corrected chi connectivity index (χ4v) is 3.64. The molecule has 1 heterocycles. The maximum Gasteiger partial charge on any atom is 0.241 e. The normalized spacial score (nSPS) is 14.4. The minimum absolute atomic E-state index is 0.239. The van der Waals surface area contributed by atoms with Gasteiger partial charge in [0.05, 0.1) is 4.90 Å². The second kappa shape index (κ2) is 5.31. The molecule has 1 aromatic heterocycles. The lowest BCUT2D eigenvalue weighted by molar-refractivity contribution is 0.445. The van der Waals surface area contributed by atoms with Gasteiger partial charge in [0.15, 0.2) is 0 Å². The molecule has 0 aliphatic carbocycles. The van der Waals surface area contributed by atoms with E-state index in [4.69, 9.17) is 11.6 Å². The molecule has 1 N–H and O–H groups in total. The van der Waals surface area contributed by atoms with Crippen LogP contribution in [0.15, 0.2) is 41.6 Å². The Morgan fingerprint density at radius 2 is 2.00 bits per heavy atom. The van der Waals surface area contributed by atoms with Crippen molar-refractivity contribution in [3.63, 3.8) is 0 Å². The van der Waals surface area contributed by atoms with Crippen molar-refractivity contribution in [2.75, 3.05) is 0 Å². The van der Waals surface area contributed by atoms with Gasteiger partial charge in [-0.25, -0.2) is 13.1 Å². The molecule has 108 valence electrons. The van der Waals surface area contributed by atoms with Crippen LogP contribution < -0.4 is 4.72 Å². The van der Waals surface area contributed by atoms with E-state index in [-0.39, 0.29) is 10.3 Å². The van der Waals surface area contributed by atoms with Crippen LogP contribution in [0.5, 0.6) is 0 Å². The Hall–Kier alpha value is -1.17. The van der Waals surface area contributed by atoms with Crippen molar-refractivity contribution in [1.82, 2.24) is 9.71 Å². The average Bonchev–Trinajstić information content (AvgIpc) is 2.36. The van der Waals surface area contributed by atoms with Crippen molar-refractivity contribution in [3.05, 3.63) is 36.7 Å². The van der Waals surface area contributed by atoms with Crippen LogP contribution in [0.4, 0.5) is 0 Å². The van der Waals surface area contributed by atoms with Gasteiger partial charge in [0.1, 0.15) is 0 Å². The van der Waals surface area contributed by atoms with E-state index < -0.39 is 15.6 Å². The van der Waals surface area contributed by atoms with Gasteiger partial charge in [-0.1, -0.05) is 12.1 Å². The maximum absolute atomic E-state index is 12.6. The van der Waals surface area contributed by atoms with Gasteiger partial charge in [0, 0.05) is 34.1 Å². The first kappa shape index (κ1) is 15.2. The summed E-state index contributed by atoms with van der Waals surface area (Å²) in [5, 5.41) is 1.09. The van der Waals surface area contributed by atoms with Gasteiger partial charge in [-0.05, 0) is 32.9 Å². The highest BCUT2D eigenvalue weighted by Gasteiger charge is 2.31. The van der Waals surface area contributed by atoms with E-state index in [2.05, 4.69) is 9.71 Å². The minimum atomic E-state index is -3.65. The van der Waals surface area contributed by atoms with E-state index in [1.807, 2.05) is 6.07 Å². The molecular formula is C14H17ClN2O2S. The van der Waals surface area contributed by atoms with Crippen molar-refractivity contribution >= 4 is 32.4 Å². The molecule has 0 spiro atoms. The lowest BCUT2D eigenvalue weighted by atomic mass is 10.0. The molecule has 0 aliphatic rings. The van der Waals surface area contributed by atoms with E-state index in [0.717, 1.165) is 5.39 Å². The standard InChI is InChI=1S/C14H17ClN2O2S/c1-10(15)14(2,3)17-20(18,19)13-6-4-5-11-9-16-8-7-12(11)13/h4-10,17H,1-3H3. The second-order valence-electron chi connectivity index (χ2n) is 5.30. The van der Waals surface area contributed by atoms with Crippen LogP contribution in [0, 0.1) is 0 Å². The molecule has 0 bridgehead atoms. The number of aromatic nitrogens is 1. The molecule has 1 aromatic carbocycles. The first-order valence-corrected chi connectivity index (χ1v) is 8.17. The SMILES string of the molecule is CC(Cl)C(C)(C)NS(=O)(=O)c1cccc2cnccc12. The van der Waals surface area contributed by atoms with Crippen LogP contribution in [0.1, 0.15) is 20.8 Å². The zero-order valence-electron chi connectivity index (χ0n) is 11.6. The quantitative estimate of drug-likeness (QED) is 0.883. The fourth-order valence-electron chi connectivity index (χ4n) is 1.81. The third-order valence-electron chi connectivity index (χ3n) is 3.32. The molecular weight excluding hydrogens is 296 g/mol. The summed E-state index contributed by atoms with van der Waals surface area (Å²) < 4.78 is 27.8. The summed E-state index contributed by atoms with van der Waals surface area (Å²) in [6, 6.07) is 6.81. The molecule has 1 unspecified atom stereocenters. The van der Waals surface area contributed by atoms with Gasteiger partial charge >= 0.3 is 0 Å². The first-order valence-electron chi connectivity index (χ1n) is 6.25. The topological polar surface area (TPSA) is 59.1 Å². The number of nitrogens with zero attached hydrogens (tertiary/aromatic N) is 1. The number of rotatable bonds is 4. The summed E-state index contributed by atoms with van der Waals surface area (Å²) in [4.78, 5) is 4.24. The molecule has 0 fully saturated rings. The summed E-state index contributed by atoms with van der Waals surface area (Å²) in [5.74, 6) is 0. The summed E-state index contributed by atoms with van der Waals surface area (Å²) >= 11 is 6.04. The molecule has 1 atom stereocenters. The Balaban J connectivity index is 2.53. The summed E-state index contributed by atoms with van der Waals surface area (Å²) in [7, 11) is -3.65. The van der Waals surface area contributed by atoms with Crippen LogP contribution in [-0.4, -0.2) is 24.3 Å². The van der Waals surface area contributed by atoms with Crippen LogP contribution in [0.2, 0.25) is 0 Å². The van der Waals surface area contributed by atoms with Gasteiger partial charge < -0.3 is 0 Å². The van der Waals surface area contributed by atoms with Gasteiger partial charge in [-0.3, -0.25) is 4.98 Å². The van der Waals surface area contributed by atoms with Crippen LogP contribution >= 0.6 is 11.6 Å². The number of fused-ring (bicyclic) bond motifs is 1. The van der Waals surface area contributed by atoms with E-state index in [1.165, 1.54) is 0 Å². The van der Waals surface area contributed by atoms with Crippen molar-refractivity contribution in [1.29, 1.82) is 0 Å². The highest BCUT2D eigenvalue weighted by molar-refractivity contribution is 7.89. The maximum atomic E-state index is 12.6. The van der Waals surface area contributed by atoms with Crippen LogP contribution in [0.3, 0.4) is 0 Å². The van der Waals surface area contributed by atoms with E-state index in [1.54, 1.807) is 51.4 Å². The Morgan fingerprint density at radius 1 is 1.30 bits per heavy atom. The predicted octanol–water partition coefficient (Wildman–Crippen LogP) is 2.92. The summed E-state index contributed by atoms with van der Waals surface area (Å²) in [6.07, 6.45) is 3.22. The monoisotopic (exact) mass is 312 g/mol. The Labute approximate surface area is 124 Å². The number of alkyl halides is 1. The summed E-state index contributed by atoms with van der Waals surface area (Å²) in [6.45, 7) is 5.28. The first-order chi connectivity index (χ1) is 9.24. The fraction of sp³-hybridized carbons (Fsp3) is 0.357. The highest BCUT2D eigenvalue weighted by Crippen LogP contribution is 2.24. The van der Waals surface area contributed by atoms with Crippen molar-refractivity contribution in [3.8, 4) is 0 Å². The van der Waals surface area contributed by atoms with Gasteiger partial charge in [0.25, 0.3) is 0 Å². The number of pyridine rings is 1. The van der Waals surface area contributed by atoms with E-state index in [9.17, 15) is 8.42 Å². The molecule has 2 aromatic rings. The Kier molecular flexibility index (Phi) is 4.04. The van der Waals surface area contributed by atoms with Gasteiger partial charge in [-0.15, -0.1) is 11.6 Å². The van der Waals surface area contributed by atoms with Crippen LogP contribution in [-0.2, 0) is 10.0 Å². The number of hydrogen-bond acceptors (Lipinski definition) is 3. The largest absolute Gasteiger partial charge is 0.264 e. The molecule has 2 rings (SSSR count). The second-order valence-corrected chi connectivity index (χ2v) is 7.60. The smallest absolute Gasteiger partial charge is 0.241 e. The van der Waals surface area contributed by atoms with Crippen LogP contribution in [0.25, 0.3) is 10.8 Å². The van der Waals surface area contributed by atoms with Crippen molar-refractivity contribution in [2.24, 2.45) is 0 Å². The van der Waals surface area contributed by atoms with Gasteiger partial charge in [-0.2, -0.15) is 0 Å². The third kappa shape index (κ3) is 2.95. The molecule has 0 radical (unpaired) electrons. The molecule has 0 saturated heterocycles. The summed E-state index contributed by atoms with van der Waals surface area (Å²) in [5.41, 5.74) is -0.740. The minimum Gasteiger partial charge on any atom is -0.264 e. The number of hydrogen-bond donors (Lipinski definition) is 1. The molecule has 20 heavy (non-hydrogen) atoms. The van der Waals surface area contributed by atoms with Gasteiger partial charge in [0.2, 0.25) is 10.0 Å². The Morgan fingerprint density at radius 3 is 2.65 bits per heavy atom. The number of sulfonamides is 1. The Bertz CT molecular complexity index is 722.